The molecule has 0 unspecified atom stereocenters. The van der Waals surface area contributed by atoms with Crippen molar-refractivity contribution in [2.24, 2.45) is 0 Å². The van der Waals surface area contributed by atoms with Gasteiger partial charge in [0.25, 0.3) is 0 Å². The summed E-state index contributed by atoms with van der Waals surface area (Å²) >= 11 is 0. The van der Waals surface area contributed by atoms with Gasteiger partial charge in [0.15, 0.2) is 0 Å². The molecule has 0 saturated heterocycles. The second-order valence-corrected chi connectivity index (χ2v) is 1.17. The Labute approximate surface area is 63.9 Å². The topological polar surface area (TPSA) is 12.9 Å². The summed E-state index contributed by atoms with van der Waals surface area (Å²) in [6.07, 6.45) is 2.70. The van der Waals surface area contributed by atoms with E-state index in [-0.39, 0.29) is 29.7 Å². The van der Waals surface area contributed by atoms with E-state index in [1.54, 1.807) is 6.07 Å². The molecule has 3 heteroatoms. The van der Waals surface area contributed by atoms with E-state index in [9.17, 15) is 4.39 Å². The molecule has 1 aromatic heterocycles. The van der Waals surface area contributed by atoms with Crippen LogP contribution in [0.1, 0.15) is 0 Å². The second-order valence-electron chi connectivity index (χ2n) is 1.17. The standard InChI is InChI=1S/C5H4FN.Sn.4H/c6-5-2-1-3-7-4-5;;;;;/h1-4H;;;;;. The van der Waals surface area contributed by atoms with Crippen molar-refractivity contribution in [1.29, 1.82) is 0 Å². The molecule has 0 atom stereocenters. The van der Waals surface area contributed by atoms with Crippen molar-refractivity contribution in [3.8, 4) is 0 Å². The first-order chi connectivity index (χ1) is 3.39. The Morgan fingerprint density at radius 3 is 2.50 bits per heavy atom. The SMILES string of the molecule is Fc1cccnc1.[SnH4]. The number of rotatable bonds is 0. The van der Waals surface area contributed by atoms with Crippen LogP contribution in [0.3, 0.4) is 0 Å². The second kappa shape index (κ2) is 3.83. The van der Waals surface area contributed by atoms with Crippen molar-refractivity contribution in [3.05, 3.63) is 30.3 Å². The molecule has 0 fully saturated rings. The van der Waals surface area contributed by atoms with Crippen LogP contribution in [0.2, 0.25) is 0 Å². The molecule has 0 aliphatic rings. The molecule has 0 aliphatic carbocycles. The predicted octanol–water partition coefficient (Wildman–Crippen LogP) is -0.231. The number of hydrogen-bond acceptors (Lipinski definition) is 1. The Bertz CT molecular complexity index is 142. The quantitative estimate of drug-likeness (QED) is 0.550. The molecular formula is C5H8FNSn. The summed E-state index contributed by atoms with van der Waals surface area (Å²) in [6.45, 7) is 0. The van der Waals surface area contributed by atoms with E-state index >= 15 is 0 Å². The molecule has 0 aromatic carbocycles. The van der Waals surface area contributed by atoms with Crippen molar-refractivity contribution in [3.63, 3.8) is 0 Å². The number of halogens is 1. The van der Waals surface area contributed by atoms with E-state index in [0.717, 1.165) is 0 Å². The summed E-state index contributed by atoms with van der Waals surface area (Å²) in [6, 6.07) is 2.91. The fraction of sp³-hybridized carbons (Fsp3) is 0. The minimum atomic E-state index is -0.289. The van der Waals surface area contributed by atoms with Crippen molar-refractivity contribution in [2.45, 2.75) is 0 Å². The van der Waals surface area contributed by atoms with Gasteiger partial charge >= 0.3 is 23.9 Å². The van der Waals surface area contributed by atoms with Gasteiger partial charge in [0.05, 0.1) is 6.20 Å². The van der Waals surface area contributed by atoms with Gasteiger partial charge in [0.2, 0.25) is 0 Å². The summed E-state index contributed by atoms with van der Waals surface area (Å²) in [7, 11) is 0. The van der Waals surface area contributed by atoms with Crippen LogP contribution in [0.5, 0.6) is 0 Å². The van der Waals surface area contributed by atoms with Gasteiger partial charge in [-0.2, -0.15) is 0 Å². The van der Waals surface area contributed by atoms with Gasteiger partial charge in [-0.1, -0.05) is 0 Å². The van der Waals surface area contributed by atoms with Crippen molar-refractivity contribution < 1.29 is 4.39 Å². The Balaban J connectivity index is 0.000000490. The fourth-order valence-corrected chi connectivity index (χ4v) is 0.342. The maximum absolute atomic E-state index is 11.8. The molecule has 0 N–H and O–H groups in total. The molecule has 8 heavy (non-hydrogen) atoms. The zero-order valence-corrected chi connectivity index (χ0v) is 3.63. The Kier molecular flexibility index (Phi) is 3.77. The van der Waals surface area contributed by atoms with E-state index in [4.69, 9.17) is 0 Å². The molecule has 1 nitrogen and oxygen atoms in total. The molecule has 1 heterocycles. The fourth-order valence-electron chi connectivity index (χ4n) is 0.342. The third kappa shape index (κ3) is 2.25. The summed E-state index contributed by atoms with van der Waals surface area (Å²) in [5, 5.41) is 0. The Morgan fingerprint density at radius 1 is 1.50 bits per heavy atom. The van der Waals surface area contributed by atoms with E-state index in [1.165, 1.54) is 18.5 Å². The number of aromatic nitrogens is 1. The van der Waals surface area contributed by atoms with Crippen LogP contribution in [-0.4, -0.2) is 28.9 Å². The predicted molar refractivity (Wildman–Crippen MR) is 35.5 cm³/mol. The molecule has 44 valence electrons. The maximum atomic E-state index is 11.8. The first kappa shape index (κ1) is 7.88. The van der Waals surface area contributed by atoms with Crippen molar-refractivity contribution in [2.75, 3.05) is 0 Å². The van der Waals surface area contributed by atoms with Crippen molar-refractivity contribution >= 4 is 23.9 Å². The molecule has 1 rings (SSSR count). The Hall–Kier alpha value is -0.121. The molecule has 0 amide bonds. The normalized spacial score (nSPS) is 7.62. The molecule has 0 radical (unpaired) electrons. The van der Waals surface area contributed by atoms with Crippen LogP contribution >= 0.6 is 0 Å². The first-order valence-electron chi connectivity index (χ1n) is 1.95. The summed E-state index contributed by atoms with van der Waals surface area (Å²) in [5.74, 6) is -0.289. The van der Waals surface area contributed by atoms with Crippen LogP contribution < -0.4 is 0 Å². The Morgan fingerprint density at radius 2 is 2.25 bits per heavy atom. The first-order valence-corrected chi connectivity index (χ1v) is 1.95. The summed E-state index contributed by atoms with van der Waals surface area (Å²) in [4.78, 5) is 3.51. The third-order valence-electron chi connectivity index (χ3n) is 0.625. The van der Waals surface area contributed by atoms with Gasteiger partial charge in [-0.25, -0.2) is 4.39 Å². The van der Waals surface area contributed by atoms with Gasteiger partial charge in [0.1, 0.15) is 5.82 Å². The van der Waals surface area contributed by atoms with Crippen LogP contribution in [0.25, 0.3) is 0 Å². The molecule has 0 spiro atoms. The van der Waals surface area contributed by atoms with Crippen LogP contribution in [0.15, 0.2) is 24.5 Å². The van der Waals surface area contributed by atoms with Crippen LogP contribution in [0, 0.1) is 5.82 Å². The van der Waals surface area contributed by atoms with Gasteiger partial charge in [-0.05, 0) is 12.1 Å². The third-order valence-corrected chi connectivity index (χ3v) is 0.625. The van der Waals surface area contributed by atoms with Crippen LogP contribution in [0.4, 0.5) is 4.39 Å². The van der Waals surface area contributed by atoms with E-state index in [2.05, 4.69) is 4.98 Å². The monoisotopic (exact) mass is 221 g/mol. The van der Waals surface area contributed by atoms with E-state index in [0.29, 0.717) is 0 Å². The van der Waals surface area contributed by atoms with Gasteiger partial charge in [-0.3, -0.25) is 4.98 Å². The number of pyridine rings is 1. The number of hydrogen-bond donors (Lipinski definition) is 0. The molecule has 0 bridgehead atoms. The zero-order chi connectivity index (χ0) is 5.11. The molecular weight excluding hydrogens is 212 g/mol. The molecule has 0 aliphatic heterocycles. The minimum absolute atomic E-state index is 0. The van der Waals surface area contributed by atoms with E-state index < -0.39 is 0 Å². The average molecular weight is 220 g/mol. The average Bonchev–Trinajstić information content (AvgIpc) is 1.69. The number of nitrogens with zero attached hydrogens (tertiary/aromatic N) is 1. The van der Waals surface area contributed by atoms with Crippen molar-refractivity contribution in [1.82, 2.24) is 4.98 Å². The molecule has 1 aromatic rings. The molecule has 0 saturated carbocycles. The van der Waals surface area contributed by atoms with Gasteiger partial charge in [0, 0.05) is 6.20 Å². The van der Waals surface area contributed by atoms with E-state index in [1.807, 2.05) is 0 Å². The summed E-state index contributed by atoms with van der Waals surface area (Å²) < 4.78 is 11.8. The van der Waals surface area contributed by atoms with Crippen LogP contribution in [-0.2, 0) is 0 Å². The van der Waals surface area contributed by atoms with Gasteiger partial charge in [-0.15, -0.1) is 0 Å². The van der Waals surface area contributed by atoms with Gasteiger partial charge < -0.3 is 0 Å². The summed E-state index contributed by atoms with van der Waals surface area (Å²) in [5.41, 5.74) is 0. The zero-order valence-electron chi connectivity index (χ0n) is 3.63.